The first kappa shape index (κ1) is 17.6. The van der Waals surface area contributed by atoms with Crippen LogP contribution in [0.4, 0.5) is 0 Å². The maximum absolute atomic E-state index is 9.95. The summed E-state index contributed by atoms with van der Waals surface area (Å²) in [4.78, 5) is 0. The fraction of sp³-hybridized carbons (Fsp3) is 0.381. The number of hydrogen-bond acceptors (Lipinski definition) is 5. The van der Waals surface area contributed by atoms with Crippen LogP contribution in [0.3, 0.4) is 0 Å². The Morgan fingerprint density at radius 2 is 1.88 bits per heavy atom. The van der Waals surface area contributed by atoms with Crippen molar-refractivity contribution in [3.63, 3.8) is 0 Å². The van der Waals surface area contributed by atoms with Crippen molar-refractivity contribution in [2.45, 2.75) is 32.1 Å². The van der Waals surface area contributed by atoms with Gasteiger partial charge in [-0.25, -0.2) is 0 Å². The van der Waals surface area contributed by atoms with E-state index in [1.807, 2.05) is 37.3 Å². The van der Waals surface area contributed by atoms with Gasteiger partial charge < -0.3 is 10.5 Å². The van der Waals surface area contributed by atoms with Gasteiger partial charge in [0.15, 0.2) is 5.41 Å². The van der Waals surface area contributed by atoms with Crippen LogP contribution in [-0.2, 0) is 0 Å². The third-order valence-corrected chi connectivity index (χ3v) is 5.35. The Labute approximate surface area is 153 Å². The van der Waals surface area contributed by atoms with Gasteiger partial charge in [0.25, 0.3) is 0 Å². The van der Waals surface area contributed by atoms with E-state index in [9.17, 15) is 15.8 Å². The molecule has 3 rings (SSSR count). The molecule has 0 bridgehead atoms. The van der Waals surface area contributed by atoms with E-state index in [0.29, 0.717) is 12.2 Å². The lowest BCUT2D eigenvalue weighted by Crippen LogP contribution is -2.42. The second-order valence-electron chi connectivity index (χ2n) is 6.61. The van der Waals surface area contributed by atoms with Crippen LogP contribution < -0.4 is 10.5 Å². The van der Waals surface area contributed by atoms with Crippen LogP contribution >= 0.6 is 0 Å². The summed E-state index contributed by atoms with van der Waals surface area (Å²) in [7, 11) is 0. The van der Waals surface area contributed by atoms with Crippen molar-refractivity contribution in [1.29, 1.82) is 15.8 Å². The topological polar surface area (TPSA) is 107 Å². The minimum absolute atomic E-state index is 0.0667. The summed E-state index contributed by atoms with van der Waals surface area (Å²) in [5.41, 5.74) is 6.84. The lowest BCUT2D eigenvalue weighted by atomic mass is 9.57. The second-order valence-corrected chi connectivity index (χ2v) is 6.61. The highest BCUT2D eigenvalue weighted by Gasteiger charge is 2.53. The summed E-state index contributed by atoms with van der Waals surface area (Å²) in [6, 6.07) is 13.9. The van der Waals surface area contributed by atoms with Crippen molar-refractivity contribution in [3.05, 3.63) is 52.7 Å². The Morgan fingerprint density at radius 3 is 2.46 bits per heavy atom. The predicted octanol–water partition coefficient (Wildman–Crippen LogP) is 3.68. The molecule has 1 aromatic carbocycles. The van der Waals surface area contributed by atoms with Gasteiger partial charge in [-0.15, -0.1) is 0 Å². The van der Waals surface area contributed by atoms with Crippen molar-refractivity contribution in [2.24, 2.45) is 17.1 Å². The number of nitriles is 3. The van der Waals surface area contributed by atoms with Crippen LogP contribution in [0.1, 0.15) is 37.7 Å². The smallest absolute Gasteiger partial charge is 0.191 e. The molecule has 2 atom stereocenters. The maximum Gasteiger partial charge on any atom is 0.191 e. The summed E-state index contributed by atoms with van der Waals surface area (Å²) >= 11 is 0. The third kappa shape index (κ3) is 2.52. The van der Waals surface area contributed by atoms with Gasteiger partial charge in [-0.1, -0.05) is 18.2 Å². The molecule has 1 aromatic rings. The highest BCUT2D eigenvalue weighted by Crippen LogP contribution is 2.55. The summed E-state index contributed by atoms with van der Waals surface area (Å²) in [5, 5.41) is 29.5. The molecule has 0 fully saturated rings. The Hall–Kier alpha value is -3.23. The Bertz CT molecular complexity index is 876. The zero-order chi connectivity index (χ0) is 18.7. The number of nitrogens with two attached hydrogens (primary N) is 1. The maximum atomic E-state index is 9.95. The zero-order valence-corrected chi connectivity index (χ0v) is 14.7. The van der Waals surface area contributed by atoms with E-state index in [2.05, 4.69) is 18.2 Å². The van der Waals surface area contributed by atoms with Gasteiger partial charge >= 0.3 is 0 Å². The van der Waals surface area contributed by atoms with Crippen LogP contribution in [0.25, 0.3) is 0 Å². The molecular weight excluding hydrogens is 324 g/mol. The average molecular weight is 344 g/mol. The van der Waals surface area contributed by atoms with Gasteiger partial charge in [-0.3, -0.25) is 0 Å². The second kappa shape index (κ2) is 6.95. The van der Waals surface area contributed by atoms with E-state index >= 15 is 0 Å². The SMILES string of the molecule is CCOc1ccc([C@@H]2[C@H]3CCCC=C3C(C#N)=C(N)C2(C#N)C#N)cc1. The first-order valence-electron chi connectivity index (χ1n) is 8.79. The molecule has 5 heteroatoms. The molecule has 0 aromatic heterocycles. The van der Waals surface area contributed by atoms with Gasteiger partial charge in [-0.05, 0) is 55.4 Å². The van der Waals surface area contributed by atoms with Crippen LogP contribution in [0.2, 0.25) is 0 Å². The molecule has 2 N–H and O–H groups in total. The molecule has 2 aliphatic rings. The molecule has 0 aliphatic heterocycles. The number of allylic oxidation sites excluding steroid dienone is 4. The Kier molecular flexibility index (Phi) is 4.70. The number of nitrogens with zero attached hydrogens (tertiary/aromatic N) is 3. The number of benzene rings is 1. The standard InChI is InChI=1S/C21H20N4O/c1-2-26-15-9-7-14(8-10-15)19-17-6-4-3-5-16(17)18(11-22)20(25)21(19,12-23)13-24/h5,7-10,17,19H,2-4,6,25H2,1H3/t17-,19+/m0/s1. The first-order chi connectivity index (χ1) is 12.6. The monoisotopic (exact) mass is 344 g/mol. The molecule has 0 spiro atoms. The van der Waals surface area contributed by atoms with Gasteiger partial charge in [0, 0.05) is 5.92 Å². The van der Waals surface area contributed by atoms with Crippen molar-refractivity contribution >= 4 is 0 Å². The minimum atomic E-state index is -1.54. The molecular formula is C21H20N4O. The average Bonchev–Trinajstić information content (AvgIpc) is 2.68. The molecule has 0 saturated heterocycles. The van der Waals surface area contributed by atoms with Gasteiger partial charge in [0.05, 0.1) is 30.0 Å². The van der Waals surface area contributed by atoms with E-state index < -0.39 is 11.3 Å². The van der Waals surface area contributed by atoms with Crippen LogP contribution in [0.15, 0.2) is 47.2 Å². The van der Waals surface area contributed by atoms with Crippen molar-refractivity contribution in [1.82, 2.24) is 0 Å². The predicted molar refractivity (Wildman–Crippen MR) is 96.3 cm³/mol. The molecule has 130 valence electrons. The van der Waals surface area contributed by atoms with E-state index in [0.717, 1.165) is 36.1 Å². The molecule has 0 unspecified atom stereocenters. The Morgan fingerprint density at radius 1 is 1.19 bits per heavy atom. The summed E-state index contributed by atoms with van der Waals surface area (Å²) in [6.07, 6.45) is 4.72. The molecule has 0 radical (unpaired) electrons. The van der Waals surface area contributed by atoms with Crippen molar-refractivity contribution in [2.75, 3.05) is 6.61 Å². The fourth-order valence-corrected chi connectivity index (χ4v) is 4.19. The van der Waals surface area contributed by atoms with E-state index in [1.54, 1.807) is 0 Å². The third-order valence-electron chi connectivity index (χ3n) is 5.35. The van der Waals surface area contributed by atoms with Crippen molar-refractivity contribution < 1.29 is 4.74 Å². The van der Waals surface area contributed by atoms with Gasteiger partial charge in [0.1, 0.15) is 11.8 Å². The normalized spacial score (nSPS) is 23.7. The van der Waals surface area contributed by atoms with Crippen LogP contribution in [0, 0.1) is 45.3 Å². The zero-order valence-electron chi connectivity index (χ0n) is 14.7. The summed E-state index contributed by atoms with van der Waals surface area (Å²) in [5.74, 6) is 0.270. The van der Waals surface area contributed by atoms with E-state index in [-0.39, 0.29) is 11.6 Å². The quantitative estimate of drug-likeness (QED) is 0.900. The van der Waals surface area contributed by atoms with Crippen LogP contribution in [-0.4, -0.2) is 6.61 Å². The molecule has 2 aliphatic carbocycles. The Balaban J connectivity index is 2.21. The lowest BCUT2D eigenvalue weighted by molar-refractivity contribution is 0.316. The number of ether oxygens (including phenoxy) is 1. The van der Waals surface area contributed by atoms with Crippen LogP contribution in [0.5, 0.6) is 5.75 Å². The van der Waals surface area contributed by atoms with Crippen molar-refractivity contribution in [3.8, 4) is 24.0 Å². The lowest BCUT2D eigenvalue weighted by Gasteiger charge is -2.43. The summed E-state index contributed by atoms with van der Waals surface area (Å²) < 4.78 is 5.50. The molecule has 0 heterocycles. The number of fused-ring (bicyclic) bond motifs is 1. The fourth-order valence-electron chi connectivity index (χ4n) is 4.19. The van der Waals surface area contributed by atoms with E-state index in [4.69, 9.17) is 10.5 Å². The highest BCUT2D eigenvalue weighted by molar-refractivity contribution is 5.59. The number of hydrogen-bond donors (Lipinski definition) is 1. The van der Waals surface area contributed by atoms with Gasteiger partial charge in [-0.2, -0.15) is 15.8 Å². The van der Waals surface area contributed by atoms with Gasteiger partial charge in [0.2, 0.25) is 0 Å². The molecule has 26 heavy (non-hydrogen) atoms. The summed E-state index contributed by atoms with van der Waals surface area (Å²) in [6.45, 7) is 2.49. The molecule has 0 saturated carbocycles. The first-order valence-corrected chi connectivity index (χ1v) is 8.79. The molecule has 5 nitrogen and oxygen atoms in total. The molecule has 0 amide bonds. The largest absolute Gasteiger partial charge is 0.494 e. The minimum Gasteiger partial charge on any atom is -0.494 e. The number of rotatable bonds is 3. The highest BCUT2D eigenvalue weighted by atomic mass is 16.5. The van der Waals surface area contributed by atoms with E-state index in [1.165, 1.54) is 0 Å².